The first-order chi connectivity index (χ1) is 8.63. The van der Waals surface area contributed by atoms with Crippen LogP contribution in [0.1, 0.15) is 44.8 Å². The fourth-order valence-corrected chi connectivity index (χ4v) is 2.09. The van der Waals surface area contributed by atoms with Crippen molar-refractivity contribution < 1.29 is 0 Å². The Morgan fingerprint density at radius 3 is 2.39 bits per heavy atom. The Labute approximate surface area is 109 Å². The van der Waals surface area contributed by atoms with Gasteiger partial charge in [0.05, 0.1) is 5.69 Å². The molecule has 0 saturated heterocycles. The van der Waals surface area contributed by atoms with Crippen LogP contribution in [0.15, 0.2) is 36.5 Å². The molecule has 3 heteroatoms. The highest BCUT2D eigenvalue weighted by Crippen LogP contribution is 2.24. The highest BCUT2D eigenvalue weighted by Gasteiger charge is 2.09. The zero-order valence-electron chi connectivity index (χ0n) is 11.3. The summed E-state index contributed by atoms with van der Waals surface area (Å²) in [7, 11) is 0. The van der Waals surface area contributed by atoms with Gasteiger partial charge < -0.3 is 5.73 Å². The second kappa shape index (κ2) is 5.36. The van der Waals surface area contributed by atoms with Crippen LogP contribution in [-0.4, -0.2) is 9.78 Å². The van der Waals surface area contributed by atoms with Gasteiger partial charge in [0, 0.05) is 18.3 Å². The molecule has 1 aromatic carbocycles. The SMILES string of the molecule is CCC(N)c1ccc(-c2ccnn2C(C)C)cc1. The lowest BCUT2D eigenvalue weighted by molar-refractivity contribution is 0.538. The van der Waals surface area contributed by atoms with E-state index >= 15 is 0 Å². The molecule has 1 aromatic heterocycles. The van der Waals surface area contributed by atoms with Crippen LogP contribution in [0.4, 0.5) is 0 Å². The zero-order valence-corrected chi connectivity index (χ0v) is 11.3. The smallest absolute Gasteiger partial charge is 0.0685 e. The molecule has 0 aliphatic carbocycles. The van der Waals surface area contributed by atoms with Gasteiger partial charge in [-0.05, 0) is 37.5 Å². The number of aromatic nitrogens is 2. The van der Waals surface area contributed by atoms with Crippen molar-refractivity contribution >= 4 is 0 Å². The first kappa shape index (κ1) is 12.8. The van der Waals surface area contributed by atoms with Gasteiger partial charge in [0.15, 0.2) is 0 Å². The van der Waals surface area contributed by atoms with E-state index < -0.39 is 0 Å². The van der Waals surface area contributed by atoms with E-state index in [1.165, 1.54) is 11.1 Å². The maximum Gasteiger partial charge on any atom is 0.0685 e. The van der Waals surface area contributed by atoms with Gasteiger partial charge in [-0.1, -0.05) is 31.2 Å². The number of hydrogen-bond donors (Lipinski definition) is 1. The lowest BCUT2D eigenvalue weighted by Crippen LogP contribution is -2.08. The molecular formula is C15H21N3. The van der Waals surface area contributed by atoms with E-state index in [-0.39, 0.29) is 6.04 Å². The number of hydrogen-bond acceptors (Lipinski definition) is 2. The van der Waals surface area contributed by atoms with Crippen LogP contribution in [-0.2, 0) is 0 Å². The van der Waals surface area contributed by atoms with Crippen LogP contribution in [0.25, 0.3) is 11.3 Å². The Hall–Kier alpha value is -1.61. The largest absolute Gasteiger partial charge is 0.324 e. The van der Waals surface area contributed by atoms with E-state index in [1.54, 1.807) is 0 Å². The molecule has 0 aliphatic heterocycles. The molecule has 1 heterocycles. The third-order valence-electron chi connectivity index (χ3n) is 3.23. The highest BCUT2D eigenvalue weighted by molar-refractivity contribution is 5.59. The summed E-state index contributed by atoms with van der Waals surface area (Å²) in [5, 5.41) is 4.36. The molecule has 18 heavy (non-hydrogen) atoms. The zero-order chi connectivity index (χ0) is 13.1. The summed E-state index contributed by atoms with van der Waals surface area (Å²) in [6.45, 7) is 6.38. The van der Waals surface area contributed by atoms with Gasteiger partial charge in [-0.3, -0.25) is 4.68 Å². The standard InChI is InChI=1S/C15H21N3/c1-4-14(16)12-5-7-13(8-6-12)15-9-10-17-18(15)11(2)3/h5-11,14H,4,16H2,1-3H3. The molecular weight excluding hydrogens is 222 g/mol. The minimum atomic E-state index is 0.133. The number of nitrogens with two attached hydrogens (primary N) is 1. The number of nitrogens with zero attached hydrogens (tertiary/aromatic N) is 2. The lowest BCUT2D eigenvalue weighted by Gasteiger charge is -2.13. The fourth-order valence-electron chi connectivity index (χ4n) is 2.09. The topological polar surface area (TPSA) is 43.8 Å². The molecule has 1 atom stereocenters. The molecule has 2 N–H and O–H groups in total. The predicted octanol–water partition coefficient (Wildman–Crippen LogP) is 3.54. The predicted molar refractivity (Wildman–Crippen MR) is 75.3 cm³/mol. The van der Waals surface area contributed by atoms with Crippen molar-refractivity contribution in [2.24, 2.45) is 5.73 Å². The quantitative estimate of drug-likeness (QED) is 0.892. The summed E-state index contributed by atoms with van der Waals surface area (Å²) in [5.41, 5.74) is 9.56. The first-order valence-corrected chi connectivity index (χ1v) is 6.53. The summed E-state index contributed by atoms with van der Waals surface area (Å²) in [5.74, 6) is 0. The normalized spacial score (nSPS) is 12.9. The molecule has 0 aliphatic rings. The molecule has 0 saturated carbocycles. The number of benzene rings is 1. The first-order valence-electron chi connectivity index (χ1n) is 6.53. The van der Waals surface area contributed by atoms with Crippen LogP contribution in [0.5, 0.6) is 0 Å². The molecule has 0 fully saturated rings. The van der Waals surface area contributed by atoms with Crippen molar-refractivity contribution in [3.05, 3.63) is 42.1 Å². The molecule has 2 rings (SSSR count). The van der Waals surface area contributed by atoms with Gasteiger partial charge in [0.2, 0.25) is 0 Å². The monoisotopic (exact) mass is 243 g/mol. The van der Waals surface area contributed by atoms with Crippen molar-refractivity contribution in [1.82, 2.24) is 9.78 Å². The van der Waals surface area contributed by atoms with Gasteiger partial charge in [-0.25, -0.2) is 0 Å². The maximum atomic E-state index is 6.02. The minimum Gasteiger partial charge on any atom is -0.324 e. The van der Waals surface area contributed by atoms with Gasteiger partial charge in [-0.15, -0.1) is 0 Å². The second-order valence-electron chi connectivity index (χ2n) is 4.89. The van der Waals surface area contributed by atoms with E-state index in [0.717, 1.165) is 12.1 Å². The Morgan fingerprint density at radius 2 is 1.83 bits per heavy atom. The summed E-state index contributed by atoms with van der Waals surface area (Å²) in [6.07, 6.45) is 2.81. The number of rotatable bonds is 4. The molecule has 0 radical (unpaired) electrons. The average Bonchev–Trinajstić information content (AvgIpc) is 2.87. The van der Waals surface area contributed by atoms with Gasteiger partial charge in [0.25, 0.3) is 0 Å². The molecule has 2 aromatic rings. The summed E-state index contributed by atoms with van der Waals surface area (Å²) < 4.78 is 2.04. The molecule has 0 amide bonds. The Kier molecular flexibility index (Phi) is 3.82. The molecule has 0 bridgehead atoms. The van der Waals surface area contributed by atoms with Crippen molar-refractivity contribution in [2.75, 3.05) is 0 Å². The third kappa shape index (κ3) is 2.46. The van der Waals surface area contributed by atoms with Crippen LogP contribution >= 0.6 is 0 Å². The van der Waals surface area contributed by atoms with Crippen molar-refractivity contribution in [3.8, 4) is 11.3 Å². The third-order valence-corrected chi connectivity index (χ3v) is 3.23. The molecule has 0 spiro atoms. The van der Waals surface area contributed by atoms with Crippen LogP contribution < -0.4 is 5.73 Å². The van der Waals surface area contributed by atoms with Gasteiger partial charge in [0.1, 0.15) is 0 Å². The van der Waals surface area contributed by atoms with Gasteiger partial charge in [-0.2, -0.15) is 5.10 Å². The Morgan fingerprint density at radius 1 is 1.17 bits per heavy atom. The Bertz CT molecular complexity index is 497. The average molecular weight is 243 g/mol. The van der Waals surface area contributed by atoms with Gasteiger partial charge >= 0.3 is 0 Å². The van der Waals surface area contributed by atoms with Crippen LogP contribution in [0.3, 0.4) is 0 Å². The van der Waals surface area contributed by atoms with Crippen molar-refractivity contribution in [1.29, 1.82) is 0 Å². The van der Waals surface area contributed by atoms with Crippen molar-refractivity contribution in [3.63, 3.8) is 0 Å². The highest BCUT2D eigenvalue weighted by atomic mass is 15.3. The summed E-state index contributed by atoms with van der Waals surface area (Å²) >= 11 is 0. The van der Waals surface area contributed by atoms with E-state index in [0.29, 0.717) is 6.04 Å². The minimum absolute atomic E-state index is 0.133. The van der Waals surface area contributed by atoms with E-state index in [4.69, 9.17) is 5.73 Å². The van der Waals surface area contributed by atoms with Crippen LogP contribution in [0.2, 0.25) is 0 Å². The lowest BCUT2D eigenvalue weighted by atomic mass is 10.0. The van der Waals surface area contributed by atoms with Crippen molar-refractivity contribution in [2.45, 2.75) is 39.3 Å². The summed E-state index contributed by atoms with van der Waals surface area (Å²) in [6, 6.07) is 11.0. The van der Waals surface area contributed by atoms with E-state index in [1.807, 2.05) is 10.9 Å². The summed E-state index contributed by atoms with van der Waals surface area (Å²) in [4.78, 5) is 0. The second-order valence-corrected chi connectivity index (χ2v) is 4.89. The molecule has 96 valence electrons. The molecule has 1 unspecified atom stereocenters. The maximum absolute atomic E-state index is 6.02. The van der Waals surface area contributed by atoms with Crippen LogP contribution in [0, 0.1) is 0 Å². The van der Waals surface area contributed by atoms with E-state index in [2.05, 4.69) is 56.2 Å². The molecule has 3 nitrogen and oxygen atoms in total. The fraction of sp³-hybridized carbons (Fsp3) is 0.400. The van der Waals surface area contributed by atoms with E-state index in [9.17, 15) is 0 Å². The Balaban J connectivity index is 2.32.